The Morgan fingerprint density at radius 1 is 0.971 bits per heavy atom. The molecule has 1 N–H and O–H groups in total. The highest BCUT2D eigenvalue weighted by Gasteiger charge is 2.34. The fraction of sp³-hybridized carbons (Fsp3) is 0.154. The van der Waals surface area contributed by atoms with Crippen molar-refractivity contribution in [1.82, 2.24) is 10.2 Å². The molecule has 0 aliphatic carbocycles. The molecule has 1 atom stereocenters. The molecular formula is C26H22N4O3S. The number of ether oxygens (including phenoxy) is 1. The van der Waals surface area contributed by atoms with Gasteiger partial charge in [-0.05, 0) is 47.5 Å². The number of aromatic nitrogens is 2. The van der Waals surface area contributed by atoms with Gasteiger partial charge in [-0.3, -0.25) is 14.9 Å². The minimum absolute atomic E-state index is 0.0365. The first-order valence-corrected chi connectivity index (χ1v) is 11.7. The predicted molar refractivity (Wildman–Crippen MR) is 132 cm³/mol. The van der Waals surface area contributed by atoms with Crippen molar-refractivity contribution in [3.8, 4) is 16.9 Å². The van der Waals surface area contributed by atoms with Crippen LogP contribution >= 0.6 is 11.3 Å². The molecule has 4 aromatic rings. The van der Waals surface area contributed by atoms with Gasteiger partial charge in [0.25, 0.3) is 5.91 Å². The first-order chi connectivity index (χ1) is 16.6. The summed E-state index contributed by atoms with van der Waals surface area (Å²) in [5.74, 6) is 0.466. The van der Waals surface area contributed by atoms with Gasteiger partial charge in [-0.15, -0.1) is 10.2 Å². The molecule has 0 spiro atoms. The number of methoxy groups -OCH3 is 1. The number of rotatable bonds is 6. The summed E-state index contributed by atoms with van der Waals surface area (Å²) in [5, 5.41) is 12.3. The summed E-state index contributed by atoms with van der Waals surface area (Å²) in [5.41, 5.74) is 3.50. The number of anilines is 2. The van der Waals surface area contributed by atoms with Crippen molar-refractivity contribution in [2.45, 2.75) is 12.3 Å². The van der Waals surface area contributed by atoms with Crippen molar-refractivity contribution < 1.29 is 14.3 Å². The molecule has 5 rings (SSSR count). The zero-order valence-electron chi connectivity index (χ0n) is 18.5. The summed E-state index contributed by atoms with van der Waals surface area (Å²) in [6, 6.07) is 24.8. The number of amides is 2. The van der Waals surface area contributed by atoms with Crippen molar-refractivity contribution in [1.29, 1.82) is 0 Å². The topological polar surface area (TPSA) is 84.4 Å². The Bertz CT molecular complexity index is 1300. The van der Waals surface area contributed by atoms with Crippen molar-refractivity contribution >= 4 is 34.0 Å². The number of hydrogen-bond acceptors (Lipinski definition) is 6. The van der Waals surface area contributed by atoms with Crippen LogP contribution in [0.3, 0.4) is 0 Å². The van der Waals surface area contributed by atoms with Gasteiger partial charge in [0.2, 0.25) is 11.0 Å². The summed E-state index contributed by atoms with van der Waals surface area (Å²) in [4.78, 5) is 27.0. The van der Waals surface area contributed by atoms with E-state index in [-0.39, 0.29) is 17.7 Å². The van der Waals surface area contributed by atoms with Crippen LogP contribution < -0.4 is 15.0 Å². The Labute approximate surface area is 201 Å². The second kappa shape index (κ2) is 9.44. The predicted octanol–water partition coefficient (Wildman–Crippen LogP) is 4.99. The van der Waals surface area contributed by atoms with Gasteiger partial charge in [0, 0.05) is 30.1 Å². The second-order valence-electron chi connectivity index (χ2n) is 7.95. The summed E-state index contributed by atoms with van der Waals surface area (Å²) in [6.45, 7) is 0.523. The van der Waals surface area contributed by atoms with E-state index < -0.39 is 0 Å². The lowest BCUT2D eigenvalue weighted by Gasteiger charge is -2.16. The van der Waals surface area contributed by atoms with E-state index in [1.165, 1.54) is 11.3 Å². The highest BCUT2D eigenvalue weighted by atomic mass is 32.1. The lowest BCUT2D eigenvalue weighted by molar-refractivity contribution is -0.117. The van der Waals surface area contributed by atoms with E-state index in [1.54, 1.807) is 24.1 Å². The standard InChI is InChI=1S/C26H22N4O3S/c1-33-22-13-11-21(12-14-22)30-16-20(15-23(30)31)25-28-29-26(34-25)27-24(32)19-9-7-18(8-10-19)17-5-3-2-4-6-17/h2-14,20H,15-16H2,1H3,(H,27,29,32). The fourth-order valence-corrected chi connectivity index (χ4v) is 4.78. The fourth-order valence-electron chi connectivity index (χ4n) is 3.95. The third-order valence-corrected chi connectivity index (χ3v) is 6.77. The summed E-state index contributed by atoms with van der Waals surface area (Å²) < 4.78 is 5.19. The summed E-state index contributed by atoms with van der Waals surface area (Å²) in [6.07, 6.45) is 0.357. The quantitative estimate of drug-likeness (QED) is 0.429. The van der Waals surface area contributed by atoms with Crippen molar-refractivity contribution in [2.24, 2.45) is 0 Å². The molecule has 3 aromatic carbocycles. The second-order valence-corrected chi connectivity index (χ2v) is 8.96. The van der Waals surface area contributed by atoms with Crippen molar-refractivity contribution in [3.05, 3.63) is 89.4 Å². The minimum Gasteiger partial charge on any atom is -0.497 e. The van der Waals surface area contributed by atoms with Gasteiger partial charge in [-0.25, -0.2) is 0 Å². The van der Waals surface area contributed by atoms with Crippen molar-refractivity contribution in [3.63, 3.8) is 0 Å². The molecule has 0 saturated carbocycles. The van der Waals surface area contributed by atoms with Crippen LogP contribution in [0.25, 0.3) is 11.1 Å². The normalized spacial score (nSPS) is 15.4. The van der Waals surface area contributed by atoms with Crippen molar-refractivity contribution in [2.75, 3.05) is 23.9 Å². The Morgan fingerprint density at radius 2 is 1.68 bits per heavy atom. The molecule has 1 aliphatic rings. The molecule has 1 aliphatic heterocycles. The molecule has 34 heavy (non-hydrogen) atoms. The monoisotopic (exact) mass is 470 g/mol. The van der Waals surface area contributed by atoms with Crippen LogP contribution in [0, 0.1) is 0 Å². The number of benzene rings is 3. The number of carbonyl (C=O) groups is 2. The van der Waals surface area contributed by atoms with Gasteiger partial charge in [0.1, 0.15) is 10.8 Å². The molecule has 170 valence electrons. The highest BCUT2D eigenvalue weighted by Crippen LogP contribution is 2.35. The van der Waals surface area contributed by atoms with Gasteiger partial charge >= 0.3 is 0 Å². The van der Waals surface area contributed by atoms with Crippen LogP contribution in [-0.4, -0.2) is 35.7 Å². The molecular weight excluding hydrogens is 448 g/mol. The van der Waals surface area contributed by atoms with Crippen LogP contribution in [-0.2, 0) is 4.79 Å². The maximum Gasteiger partial charge on any atom is 0.257 e. The highest BCUT2D eigenvalue weighted by molar-refractivity contribution is 7.15. The van der Waals surface area contributed by atoms with Crippen LogP contribution in [0.5, 0.6) is 5.75 Å². The van der Waals surface area contributed by atoms with E-state index in [4.69, 9.17) is 4.74 Å². The molecule has 2 amide bonds. The first-order valence-electron chi connectivity index (χ1n) is 10.9. The van der Waals surface area contributed by atoms with Gasteiger partial charge in [0.05, 0.1) is 7.11 Å². The smallest absolute Gasteiger partial charge is 0.257 e. The van der Waals surface area contributed by atoms with Gasteiger partial charge in [0.15, 0.2) is 0 Å². The Kier molecular flexibility index (Phi) is 6.05. The summed E-state index contributed by atoms with van der Waals surface area (Å²) in [7, 11) is 1.61. The summed E-state index contributed by atoms with van der Waals surface area (Å²) >= 11 is 1.31. The zero-order chi connectivity index (χ0) is 23.5. The van der Waals surface area contributed by atoms with E-state index in [9.17, 15) is 9.59 Å². The SMILES string of the molecule is COc1ccc(N2CC(c3nnc(NC(=O)c4ccc(-c5ccccc5)cc4)s3)CC2=O)cc1. The van der Waals surface area contributed by atoms with E-state index in [0.717, 1.165) is 27.6 Å². The van der Waals surface area contributed by atoms with Gasteiger partial charge in [-0.1, -0.05) is 53.8 Å². The maximum atomic E-state index is 12.7. The Morgan fingerprint density at radius 3 is 2.38 bits per heavy atom. The van der Waals surface area contributed by atoms with Gasteiger partial charge in [-0.2, -0.15) is 0 Å². The van der Waals surface area contributed by atoms with Crippen LogP contribution in [0.1, 0.15) is 27.7 Å². The average molecular weight is 471 g/mol. The van der Waals surface area contributed by atoms with Crippen LogP contribution in [0.15, 0.2) is 78.9 Å². The van der Waals surface area contributed by atoms with E-state index in [0.29, 0.717) is 23.7 Å². The lowest BCUT2D eigenvalue weighted by atomic mass is 10.0. The molecule has 1 fully saturated rings. The molecule has 1 aromatic heterocycles. The number of nitrogens with one attached hydrogen (secondary N) is 1. The number of nitrogens with zero attached hydrogens (tertiary/aromatic N) is 3. The largest absolute Gasteiger partial charge is 0.497 e. The van der Waals surface area contributed by atoms with E-state index in [2.05, 4.69) is 15.5 Å². The third kappa shape index (κ3) is 4.53. The third-order valence-electron chi connectivity index (χ3n) is 5.77. The first kappa shape index (κ1) is 21.8. The molecule has 1 unspecified atom stereocenters. The van der Waals surface area contributed by atoms with Gasteiger partial charge < -0.3 is 9.64 Å². The van der Waals surface area contributed by atoms with E-state index >= 15 is 0 Å². The number of carbonyl (C=O) groups excluding carboxylic acids is 2. The zero-order valence-corrected chi connectivity index (χ0v) is 19.3. The Hall–Kier alpha value is -4.04. The average Bonchev–Trinajstić information content (AvgIpc) is 3.51. The molecule has 2 heterocycles. The molecule has 1 saturated heterocycles. The molecule has 7 nitrogen and oxygen atoms in total. The van der Waals surface area contributed by atoms with Crippen LogP contribution in [0.2, 0.25) is 0 Å². The maximum absolute atomic E-state index is 12.7. The van der Waals surface area contributed by atoms with E-state index in [1.807, 2.05) is 66.7 Å². The van der Waals surface area contributed by atoms with Crippen LogP contribution in [0.4, 0.5) is 10.8 Å². The molecule has 0 bridgehead atoms. The minimum atomic E-state index is -0.246. The molecule has 0 radical (unpaired) electrons. The Balaban J connectivity index is 1.23. The number of hydrogen-bond donors (Lipinski definition) is 1. The lowest BCUT2D eigenvalue weighted by Crippen LogP contribution is -2.24. The molecule has 8 heteroatoms.